The molecule has 6 heteroatoms. The molecule has 1 aromatic rings. The van der Waals surface area contributed by atoms with Crippen molar-refractivity contribution in [2.24, 2.45) is 0 Å². The molecule has 0 aromatic carbocycles. The highest BCUT2D eigenvalue weighted by Crippen LogP contribution is 2.21. The van der Waals surface area contributed by atoms with E-state index in [9.17, 15) is 9.59 Å². The van der Waals surface area contributed by atoms with Crippen LogP contribution in [-0.4, -0.2) is 31.3 Å². The van der Waals surface area contributed by atoms with Gasteiger partial charge in [0.2, 0.25) is 0 Å². The Bertz CT molecular complexity index is 446. The van der Waals surface area contributed by atoms with Crippen LogP contribution in [0, 0.1) is 0 Å². The lowest BCUT2D eigenvalue weighted by Crippen LogP contribution is -2.10. The number of allylic oxidation sites excluding steroid dienone is 1. The normalized spacial score (nSPS) is 9.69. The van der Waals surface area contributed by atoms with Crippen LogP contribution in [0.3, 0.4) is 0 Å². The number of hydrogen-bond donors (Lipinski definition) is 0. The first-order valence-electron chi connectivity index (χ1n) is 4.35. The Morgan fingerprint density at radius 2 is 1.81 bits per heavy atom. The third-order valence-electron chi connectivity index (χ3n) is 1.86. The van der Waals surface area contributed by atoms with Crippen LogP contribution >= 0.6 is 0 Å². The fourth-order valence-electron chi connectivity index (χ4n) is 1.10. The van der Waals surface area contributed by atoms with E-state index >= 15 is 0 Å². The molecule has 0 radical (unpaired) electrons. The van der Waals surface area contributed by atoms with Gasteiger partial charge in [-0.1, -0.05) is 11.7 Å². The summed E-state index contributed by atoms with van der Waals surface area (Å²) in [6, 6.07) is 0. The third-order valence-corrected chi connectivity index (χ3v) is 1.86. The van der Waals surface area contributed by atoms with Crippen LogP contribution in [0.2, 0.25) is 0 Å². The first-order chi connectivity index (χ1) is 7.52. The number of ether oxygens (including phenoxy) is 2. The maximum Gasteiger partial charge on any atom is 0.377 e. The minimum Gasteiger partial charge on any atom is -0.465 e. The summed E-state index contributed by atoms with van der Waals surface area (Å²) < 4.78 is 13.7. The van der Waals surface area contributed by atoms with Gasteiger partial charge in [0.1, 0.15) is 11.3 Å². The van der Waals surface area contributed by atoms with Crippen molar-refractivity contribution in [1.29, 1.82) is 0 Å². The fourth-order valence-corrected chi connectivity index (χ4v) is 1.10. The van der Waals surface area contributed by atoms with Crippen LogP contribution in [0.5, 0.6) is 0 Å². The Morgan fingerprint density at radius 1 is 1.25 bits per heavy atom. The molecule has 0 aliphatic rings. The molecule has 0 fully saturated rings. The zero-order chi connectivity index (χ0) is 12.3. The molecule has 0 atom stereocenters. The largest absolute Gasteiger partial charge is 0.465 e. The number of nitrogens with zero attached hydrogens (tertiary/aromatic N) is 1. The van der Waals surface area contributed by atoms with E-state index in [1.165, 1.54) is 14.2 Å². The zero-order valence-electron chi connectivity index (χ0n) is 9.20. The van der Waals surface area contributed by atoms with E-state index in [-0.39, 0.29) is 17.0 Å². The number of carbonyl (C=O) groups is 2. The molecule has 0 N–H and O–H groups in total. The fraction of sp³-hybridized carbons (Fsp3) is 0.300. The van der Waals surface area contributed by atoms with Crippen molar-refractivity contribution < 1.29 is 23.6 Å². The molecule has 1 heterocycles. The minimum atomic E-state index is -0.791. The smallest absolute Gasteiger partial charge is 0.377 e. The lowest BCUT2D eigenvalue weighted by Gasteiger charge is -2.00. The molecule has 0 unspecified atom stereocenters. The molecule has 0 amide bonds. The summed E-state index contributed by atoms with van der Waals surface area (Å²) in [7, 11) is 2.37. The van der Waals surface area contributed by atoms with E-state index in [4.69, 9.17) is 4.52 Å². The molecule has 1 aromatic heterocycles. The molecule has 1 rings (SSSR count). The van der Waals surface area contributed by atoms with Crippen LogP contribution < -0.4 is 0 Å². The van der Waals surface area contributed by atoms with Crippen molar-refractivity contribution in [2.45, 2.75) is 6.92 Å². The molecule has 6 nitrogen and oxygen atoms in total. The Hall–Kier alpha value is -2.11. The Kier molecular flexibility index (Phi) is 3.44. The number of carbonyl (C=O) groups excluding carboxylic acids is 2. The van der Waals surface area contributed by atoms with Gasteiger partial charge >= 0.3 is 11.9 Å². The van der Waals surface area contributed by atoms with Gasteiger partial charge in [0.15, 0.2) is 0 Å². The van der Waals surface area contributed by atoms with Gasteiger partial charge in [0.05, 0.1) is 14.2 Å². The molecule has 86 valence electrons. The van der Waals surface area contributed by atoms with E-state index in [2.05, 4.69) is 21.2 Å². The quantitative estimate of drug-likeness (QED) is 0.721. The topological polar surface area (TPSA) is 78.6 Å². The van der Waals surface area contributed by atoms with Crippen LogP contribution in [0.25, 0.3) is 5.57 Å². The van der Waals surface area contributed by atoms with Gasteiger partial charge in [-0.05, 0) is 12.5 Å². The summed E-state index contributed by atoms with van der Waals surface area (Å²) in [6.07, 6.45) is 0. The molecular formula is C10H11NO5. The van der Waals surface area contributed by atoms with Crippen LogP contribution in [-0.2, 0) is 9.47 Å². The summed E-state index contributed by atoms with van der Waals surface area (Å²) >= 11 is 0. The average Bonchev–Trinajstić information content (AvgIpc) is 2.71. The molecule has 0 bridgehead atoms. The Labute approximate surface area is 91.8 Å². The predicted octanol–water partition coefficient (Wildman–Crippen LogP) is 1.28. The van der Waals surface area contributed by atoms with Crippen LogP contribution in [0.1, 0.15) is 33.5 Å². The number of rotatable bonds is 3. The van der Waals surface area contributed by atoms with Gasteiger partial charge in [-0.15, -0.1) is 0 Å². The predicted molar refractivity (Wildman–Crippen MR) is 53.9 cm³/mol. The summed E-state index contributed by atoms with van der Waals surface area (Å²) in [4.78, 5) is 22.8. The van der Waals surface area contributed by atoms with E-state index in [0.29, 0.717) is 5.57 Å². The van der Waals surface area contributed by atoms with Crippen molar-refractivity contribution in [1.82, 2.24) is 5.16 Å². The highest BCUT2D eigenvalue weighted by atomic mass is 16.6. The van der Waals surface area contributed by atoms with Gasteiger partial charge < -0.3 is 14.0 Å². The van der Waals surface area contributed by atoms with Crippen LogP contribution in [0.15, 0.2) is 11.1 Å². The van der Waals surface area contributed by atoms with Crippen molar-refractivity contribution in [3.05, 3.63) is 23.6 Å². The number of esters is 2. The monoisotopic (exact) mass is 225 g/mol. The van der Waals surface area contributed by atoms with Gasteiger partial charge in [-0.3, -0.25) is 0 Å². The first-order valence-corrected chi connectivity index (χ1v) is 4.35. The number of aromatic nitrogens is 1. The second-order valence-corrected chi connectivity index (χ2v) is 3.00. The minimum absolute atomic E-state index is 0.0677. The zero-order valence-corrected chi connectivity index (χ0v) is 9.20. The highest BCUT2D eigenvalue weighted by molar-refractivity contribution is 6.03. The molecule has 0 spiro atoms. The Balaban J connectivity index is 3.36. The van der Waals surface area contributed by atoms with Gasteiger partial charge in [-0.2, -0.15) is 0 Å². The second kappa shape index (κ2) is 4.61. The lowest BCUT2D eigenvalue weighted by molar-refractivity contribution is 0.0521. The molecule has 0 saturated carbocycles. The number of methoxy groups -OCH3 is 2. The summed E-state index contributed by atoms with van der Waals surface area (Å²) in [5.41, 5.74) is 0.605. The molecule has 16 heavy (non-hydrogen) atoms. The van der Waals surface area contributed by atoms with E-state index in [0.717, 1.165) is 0 Å². The summed E-state index contributed by atoms with van der Waals surface area (Å²) in [5.74, 6) is -1.80. The SMILES string of the molecule is C=C(C)c1noc(C(=O)OC)c1C(=O)OC. The third kappa shape index (κ3) is 1.95. The van der Waals surface area contributed by atoms with Gasteiger partial charge in [0, 0.05) is 0 Å². The van der Waals surface area contributed by atoms with E-state index < -0.39 is 11.9 Å². The Morgan fingerprint density at radius 3 is 2.25 bits per heavy atom. The number of hydrogen-bond acceptors (Lipinski definition) is 6. The summed E-state index contributed by atoms with van der Waals surface area (Å²) in [6.45, 7) is 5.25. The van der Waals surface area contributed by atoms with E-state index in [1.54, 1.807) is 6.92 Å². The van der Waals surface area contributed by atoms with Gasteiger partial charge in [-0.25, -0.2) is 9.59 Å². The second-order valence-electron chi connectivity index (χ2n) is 3.00. The standard InChI is InChI=1S/C10H11NO5/c1-5(2)7-6(9(12)14-3)8(16-11-7)10(13)15-4/h1H2,2-4H3. The molecule has 0 saturated heterocycles. The summed E-state index contributed by atoms with van der Waals surface area (Å²) in [5, 5.41) is 3.58. The van der Waals surface area contributed by atoms with Crippen molar-refractivity contribution in [3.63, 3.8) is 0 Å². The van der Waals surface area contributed by atoms with Gasteiger partial charge in [0.25, 0.3) is 5.76 Å². The maximum absolute atomic E-state index is 11.5. The molecular weight excluding hydrogens is 214 g/mol. The maximum atomic E-state index is 11.5. The highest BCUT2D eigenvalue weighted by Gasteiger charge is 2.29. The van der Waals surface area contributed by atoms with E-state index in [1.807, 2.05) is 0 Å². The van der Waals surface area contributed by atoms with Crippen molar-refractivity contribution in [3.8, 4) is 0 Å². The van der Waals surface area contributed by atoms with Crippen molar-refractivity contribution in [2.75, 3.05) is 14.2 Å². The average molecular weight is 225 g/mol. The first kappa shape index (κ1) is 12.0. The van der Waals surface area contributed by atoms with Crippen LogP contribution in [0.4, 0.5) is 0 Å². The van der Waals surface area contributed by atoms with Crippen molar-refractivity contribution >= 4 is 17.5 Å². The lowest BCUT2D eigenvalue weighted by atomic mass is 10.1. The molecule has 0 aliphatic heterocycles. The molecule has 0 aliphatic carbocycles.